The SMILES string of the molecule is CCCCCc1nnc(-c2cccc(-c3nnc(CCCCC)c(CCCCC)n3)n2)nc1CCCCC. The summed E-state index contributed by atoms with van der Waals surface area (Å²) in [5, 5.41) is 18.2. The van der Waals surface area contributed by atoms with Crippen molar-refractivity contribution in [3.63, 3.8) is 0 Å². The van der Waals surface area contributed by atoms with Crippen LogP contribution >= 0.6 is 0 Å². The zero-order chi connectivity index (χ0) is 27.0. The van der Waals surface area contributed by atoms with Crippen molar-refractivity contribution in [2.24, 2.45) is 0 Å². The molecule has 206 valence electrons. The number of hydrogen-bond donors (Lipinski definition) is 0. The van der Waals surface area contributed by atoms with Crippen LogP contribution in [0.3, 0.4) is 0 Å². The summed E-state index contributed by atoms with van der Waals surface area (Å²) in [5.41, 5.74) is 5.62. The molecule has 3 heterocycles. The Kier molecular flexibility index (Phi) is 13.2. The minimum Gasteiger partial charge on any atom is -0.241 e. The van der Waals surface area contributed by atoms with E-state index in [0.717, 1.165) is 74.1 Å². The summed E-state index contributed by atoms with van der Waals surface area (Å²) in [5.74, 6) is 1.15. The lowest BCUT2D eigenvalue weighted by Gasteiger charge is -2.10. The van der Waals surface area contributed by atoms with E-state index in [1.54, 1.807) is 0 Å². The van der Waals surface area contributed by atoms with Crippen molar-refractivity contribution in [1.29, 1.82) is 0 Å². The average molecular weight is 518 g/mol. The fourth-order valence-corrected chi connectivity index (χ4v) is 4.62. The van der Waals surface area contributed by atoms with Gasteiger partial charge in [0.2, 0.25) is 11.6 Å². The van der Waals surface area contributed by atoms with Crippen LogP contribution in [0.2, 0.25) is 0 Å². The zero-order valence-corrected chi connectivity index (χ0v) is 24.2. The summed E-state index contributed by atoms with van der Waals surface area (Å²) in [6.45, 7) is 8.90. The lowest BCUT2D eigenvalue weighted by atomic mass is 10.1. The lowest BCUT2D eigenvalue weighted by molar-refractivity contribution is 0.659. The van der Waals surface area contributed by atoms with Crippen LogP contribution in [-0.2, 0) is 25.7 Å². The Bertz CT molecular complexity index is 1020. The van der Waals surface area contributed by atoms with Gasteiger partial charge in [0.1, 0.15) is 11.4 Å². The summed E-state index contributed by atoms with van der Waals surface area (Å²) in [6.07, 6.45) is 17.8. The van der Waals surface area contributed by atoms with Crippen LogP contribution in [-0.4, -0.2) is 35.3 Å². The first-order valence-corrected chi connectivity index (χ1v) is 15.1. The van der Waals surface area contributed by atoms with E-state index in [2.05, 4.69) is 48.1 Å². The normalized spacial score (nSPS) is 11.3. The first-order chi connectivity index (χ1) is 18.7. The minimum absolute atomic E-state index is 0.574. The lowest BCUT2D eigenvalue weighted by Crippen LogP contribution is -2.09. The van der Waals surface area contributed by atoms with Crippen LogP contribution in [0.25, 0.3) is 23.0 Å². The van der Waals surface area contributed by atoms with Crippen LogP contribution in [0, 0.1) is 0 Å². The number of rotatable bonds is 18. The van der Waals surface area contributed by atoms with Gasteiger partial charge in [0, 0.05) is 0 Å². The highest BCUT2D eigenvalue weighted by atomic mass is 15.2. The van der Waals surface area contributed by atoms with Crippen molar-refractivity contribution in [2.45, 2.75) is 130 Å². The van der Waals surface area contributed by atoms with Gasteiger partial charge in [-0.25, -0.2) is 15.0 Å². The van der Waals surface area contributed by atoms with Crippen molar-refractivity contribution in [1.82, 2.24) is 35.3 Å². The summed E-state index contributed by atoms with van der Waals surface area (Å²) >= 11 is 0. The molecule has 0 spiro atoms. The largest absolute Gasteiger partial charge is 0.241 e. The fraction of sp³-hybridized carbons (Fsp3) is 0.645. The minimum atomic E-state index is 0.574. The third-order valence-corrected chi connectivity index (χ3v) is 6.95. The van der Waals surface area contributed by atoms with Crippen molar-refractivity contribution >= 4 is 0 Å². The Morgan fingerprint density at radius 3 is 1.16 bits per heavy atom. The van der Waals surface area contributed by atoms with E-state index in [4.69, 9.17) is 15.0 Å². The topological polar surface area (TPSA) is 90.2 Å². The number of hydrogen-bond acceptors (Lipinski definition) is 7. The second-order valence-electron chi connectivity index (χ2n) is 10.3. The molecule has 0 fully saturated rings. The third-order valence-electron chi connectivity index (χ3n) is 6.95. The summed E-state index contributed by atoms with van der Waals surface area (Å²) in [4.78, 5) is 14.8. The van der Waals surface area contributed by atoms with Gasteiger partial charge in [-0.1, -0.05) is 85.1 Å². The quantitative estimate of drug-likeness (QED) is 0.160. The van der Waals surface area contributed by atoms with Gasteiger partial charge in [-0.3, -0.25) is 0 Å². The molecule has 0 aliphatic carbocycles. The van der Waals surface area contributed by atoms with Crippen molar-refractivity contribution in [3.8, 4) is 23.0 Å². The van der Waals surface area contributed by atoms with Crippen LogP contribution < -0.4 is 0 Å². The summed E-state index contributed by atoms with van der Waals surface area (Å²) in [6, 6.07) is 5.87. The second kappa shape index (κ2) is 16.9. The molecule has 7 nitrogen and oxygen atoms in total. The molecular formula is C31H47N7. The number of unbranched alkanes of at least 4 members (excludes halogenated alkanes) is 8. The molecule has 0 aliphatic heterocycles. The molecule has 0 saturated heterocycles. The first kappa shape index (κ1) is 29.7. The molecule has 0 bridgehead atoms. The number of pyridine rings is 1. The highest BCUT2D eigenvalue weighted by molar-refractivity contribution is 5.57. The third kappa shape index (κ3) is 9.17. The smallest absolute Gasteiger partial charge is 0.200 e. The van der Waals surface area contributed by atoms with Crippen LogP contribution in [0.4, 0.5) is 0 Å². The molecule has 38 heavy (non-hydrogen) atoms. The maximum atomic E-state index is 4.96. The zero-order valence-electron chi connectivity index (χ0n) is 24.2. The highest BCUT2D eigenvalue weighted by Gasteiger charge is 2.15. The second-order valence-corrected chi connectivity index (χ2v) is 10.3. The molecule has 3 aromatic rings. The molecule has 0 N–H and O–H groups in total. The molecule has 0 aliphatic rings. The van der Waals surface area contributed by atoms with E-state index in [9.17, 15) is 0 Å². The molecule has 0 saturated carbocycles. The maximum Gasteiger partial charge on any atom is 0.200 e. The summed E-state index contributed by atoms with van der Waals surface area (Å²) in [7, 11) is 0. The van der Waals surface area contributed by atoms with Gasteiger partial charge in [-0.2, -0.15) is 10.2 Å². The number of aromatic nitrogens is 7. The molecule has 7 heteroatoms. The number of nitrogens with zero attached hydrogens (tertiary/aromatic N) is 7. The van der Waals surface area contributed by atoms with Crippen molar-refractivity contribution < 1.29 is 0 Å². The Morgan fingerprint density at radius 1 is 0.421 bits per heavy atom. The predicted molar refractivity (Wildman–Crippen MR) is 155 cm³/mol. The monoisotopic (exact) mass is 517 g/mol. The molecule has 0 aromatic carbocycles. The molecular weight excluding hydrogens is 470 g/mol. The van der Waals surface area contributed by atoms with Gasteiger partial charge in [0.05, 0.1) is 22.8 Å². The van der Waals surface area contributed by atoms with Crippen molar-refractivity contribution in [3.05, 3.63) is 41.0 Å². The van der Waals surface area contributed by atoms with E-state index >= 15 is 0 Å². The van der Waals surface area contributed by atoms with E-state index in [1.165, 1.54) is 51.4 Å². The molecule has 0 unspecified atom stereocenters. The van der Waals surface area contributed by atoms with Gasteiger partial charge >= 0.3 is 0 Å². The van der Waals surface area contributed by atoms with Gasteiger partial charge in [-0.05, 0) is 63.5 Å². The van der Waals surface area contributed by atoms with E-state index in [0.29, 0.717) is 23.0 Å². The van der Waals surface area contributed by atoms with Crippen LogP contribution in [0.5, 0.6) is 0 Å². The highest BCUT2D eigenvalue weighted by Crippen LogP contribution is 2.21. The Hall–Kier alpha value is -2.83. The standard InChI is InChI=1S/C31H47N7/c1-5-9-13-18-24-26(20-15-11-7-3)35-37-30(33-24)28-22-17-23-29(32-28)31-34-25(19-14-10-6-2)27(36-38-31)21-16-12-8-4/h17,22-23H,5-16,18-21H2,1-4H3. The van der Waals surface area contributed by atoms with Gasteiger partial charge in [0.25, 0.3) is 0 Å². The van der Waals surface area contributed by atoms with Gasteiger partial charge in [-0.15, -0.1) is 10.2 Å². The molecule has 0 atom stereocenters. The predicted octanol–water partition coefficient (Wildman–Crippen LogP) is 7.72. The average Bonchev–Trinajstić information content (AvgIpc) is 2.95. The fourth-order valence-electron chi connectivity index (χ4n) is 4.62. The van der Waals surface area contributed by atoms with Crippen LogP contribution in [0.1, 0.15) is 128 Å². The maximum absolute atomic E-state index is 4.96. The van der Waals surface area contributed by atoms with Gasteiger partial charge in [0.15, 0.2) is 0 Å². The Morgan fingerprint density at radius 2 is 0.789 bits per heavy atom. The van der Waals surface area contributed by atoms with E-state index in [-0.39, 0.29) is 0 Å². The first-order valence-electron chi connectivity index (χ1n) is 15.1. The molecule has 0 radical (unpaired) electrons. The molecule has 3 aromatic heterocycles. The van der Waals surface area contributed by atoms with Gasteiger partial charge < -0.3 is 0 Å². The van der Waals surface area contributed by atoms with E-state index in [1.807, 2.05) is 18.2 Å². The Balaban J connectivity index is 1.87. The van der Waals surface area contributed by atoms with E-state index < -0.39 is 0 Å². The van der Waals surface area contributed by atoms with Crippen molar-refractivity contribution in [2.75, 3.05) is 0 Å². The Labute approximate surface area is 229 Å². The summed E-state index contributed by atoms with van der Waals surface area (Å²) < 4.78 is 0. The molecule has 3 rings (SSSR count). The van der Waals surface area contributed by atoms with Crippen LogP contribution in [0.15, 0.2) is 18.2 Å². The number of aryl methyl sites for hydroxylation is 4. The molecule has 0 amide bonds.